The van der Waals surface area contributed by atoms with Crippen molar-refractivity contribution in [2.45, 2.75) is 83.3 Å². The standard InChI is InChI=1S/C15H29NO3S/c1-13(2,3)18-12(17)16-15(7)9-11(10-15)19-20(8)14(4,5)6/h11H,9-10H2,1-8H3/p+1. The van der Waals surface area contributed by atoms with Gasteiger partial charge in [-0.1, -0.05) is 0 Å². The van der Waals surface area contributed by atoms with E-state index in [-0.39, 0.29) is 33.7 Å². The van der Waals surface area contributed by atoms with Crippen molar-refractivity contribution in [3.8, 4) is 0 Å². The molecule has 0 aromatic carbocycles. The van der Waals surface area contributed by atoms with Gasteiger partial charge in [0.1, 0.15) is 29.1 Å². The average molecular weight is 304 g/mol. The lowest BCUT2D eigenvalue weighted by Gasteiger charge is -2.44. The van der Waals surface area contributed by atoms with Crippen LogP contribution in [0.3, 0.4) is 0 Å². The summed E-state index contributed by atoms with van der Waals surface area (Å²) >= 11 is -0.0718. The summed E-state index contributed by atoms with van der Waals surface area (Å²) in [7, 11) is 0. The molecular formula is C15H30NO3S+. The van der Waals surface area contributed by atoms with Crippen LogP contribution in [-0.4, -0.2) is 34.3 Å². The summed E-state index contributed by atoms with van der Waals surface area (Å²) in [6, 6.07) is 0. The predicted molar refractivity (Wildman–Crippen MR) is 84.9 cm³/mol. The summed E-state index contributed by atoms with van der Waals surface area (Å²) in [6.07, 6.45) is 3.73. The Kier molecular flexibility index (Phi) is 5.08. The Labute approximate surface area is 126 Å². The fourth-order valence-electron chi connectivity index (χ4n) is 2.01. The van der Waals surface area contributed by atoms with Crippen LogP contribution in [0.1, 0.15) is 61.3 Å². The molecule has 0 saturated heterocycles. The Morgan fingerprint density at radius 3 is 2.10 bits per heavy atom. The number of carbonyl (C=O) groups is 1. The summed E-state index contributed by atoms with van der Waals surface area (Å²) in [6.45, 7) is 14.2. The van der Waals surface area contributed by atoms with Crippen LogP contribution in [0.2, 0.25) is 0 Å². The molecule has 5 heteroatoms. The highest BCUT2D eigenvalue weighted by molar-refractivity contribution is 7.93. The van der Waals surface area contributed by atoms with Crippen LogP contribution in [0.4, 0.5) is 4.79 Å². The van der Waals surface area contributed by atoms with Crippen molar-refractivity contribution in [1.29, 1.82) is 0 Å². The molecule has 1 aliphatic rings. The summed E-state index contributed by atoms with van der Waals surface area (Å²) in [5, 5.41) is 2.95. The smallest absolute Gasteiger partial charge is 0.408 e. The molecule has 0 aromatic rings. The maximum atomic E-state index is 11.8. The minimum atomic E-state index is -0.456. The minimum absolute atomic E-state index is 0.0718. The highest BCUT2D eigenvalue weighted by atomic mass is 32.2. The topological polar surface area (TPSA) is 47.6 Å². The van der Waals surface area contributed by atoms with E-state index in [0.29, 0.717) is 0 Å². The lowest BCUT2D eigenvalue weighted by Crippen LogP contribution is -2.59. The van der Waals surface area contributed by atoms with Crippen LogP contribution >= 0.6 is 0 Å². The van der Waals surface area contributed by atoms with E-state index in [9.17, 15) is 4.79 Å². The molecular weight excluding hydrogens is 274 g/mol. The minimum Gasteiger partial charge on any atom is -0.444 e. The number of hydrogen-bond donors (Lipinski definition) is 1. The quantitative estimate of drug-likeness (QED) is 0.813. The Morgan fingerprint density at radius 2 is 1.70 bits per heavy atom. The molecule has 0 heterocycles. The van der Waals surface area contributed by atoms with E-state index in [4.69, 9.17) is 8.92 Å². The van der Waals surface area contributed by atoms with Crippen molar-refractivity contribution in [2.24, 2.45) is 0 Å². The SMILES string of the molecule is C[S+](OC1CC(C)(NC(=O)OC(C)(C)C)C1)C(C)(C)C. The fraction of sp³-hybridized carbons (Fsp3) is 0.933. The zero-order valence-corrected chi connectivity index (χ0v) is 14.9. The third kappa shape index (κ3) is 5.52. The summed E-state index contributed by atoms with van der Waals surface area (Å²) < 4.78 is 11.5. The molecule has 1 unspecified atom stereocenters. The monoisotopic (exact) mass is 304 g/mol. The maximum Gasteiger partial charge on any atom is 0.408 e. The van der Waals surface area contributed by atoms with Gasteiger partial charge < -0.3 is 10.1 Å². The van der Waals surface area contributed by atoms with Gasteiger partial charge in [-0.05, 0) is 48.5 Å². The number of carbonyl (C=O) groups excluding carboxylic acids is 1. The zero-order valence-electron chi connectivity index (χ0n) is 14.1. The van der Waals surface area contributed by atoms with E-state index in [1.807, 2.05) is 27.7 Å². The lowest BCUT2D eigenvalue weighted by molar-refractivity contribution is 0.0140. The number of amides is 1. The number of rotatable bonds is 3. The van der Waals surface area contributed by atoms with Crippen molar-refractivity contribution in [1.82, 2.24) is 5.32 Å². The van der Waals surface area contributed by atoms with E-state index in [0.717, 1.165) is 12.8 Å². The number of alkyl carbamates (subject to hydrolysis) is 1. The molecule has 0 radical (unpaired) electrons. The molecule has 0 aliphatic heterocycles. The van der Waals surface area contributed by atoms with Gasteiger partial charge in [0.15, 0.2) is 4.75 Å². The van der Waals surface area contributed by atoms with E-state index in [1.54, 1.807) is 0 Å². The summed E-state index contributed by atoms with van der Waals surface area (Å²) in [5.41, 5.74) is -0.655. The molecule has 0 aromatic heterocycles. The molecule has 0 spiro atoms. The van der Waals surface area contributed by atoms with Gasteiger partial charge in [-0.15, -0.1) is 0 Å². The lowest BCUT2D eigenvalue weighted by atomic mass is 9.76. The second-order valence-electron chi connectivity index (χ2n) is 7.88. The first-order chi connectivity index (χ1) is 8.81. The fourth-order valence-corrected chi connectivity index (χ4v) is 2.85. The second-order valence-corrected chi connectivity index (χ2v) is 10.2. The van der Waals surface area contributed by atoms with Crippen LogP contribution in [-0.2, 0) is 20.1 Å². The van der Waals surface area contributed by atoms with Crippen molar-refractivity contribution in [3.63, 3.8) is 0 Å². The first-order valence-corrected chi connectivity index (χ1v) is 8.71. The third-order valence-electron chi connectivity index (χ3n) is 3.30. The van der Waals surface area contributed by atoms with Crippen LogP contribution in [0, 0.1) is 0 Å². The zero-order chi connectivity index (χ0) is 15.8. The highest BCUT2D eigenvalue weighted by Gasteiger charge is 2.47. The average Bonchev–Trinajstić information content (AvgIpc) is 2.09. The van der Waals surface area contributed by atoms with Crippen LogP contribution in [0.25, 0.3) is 0 Å². The van der Waals surface area contributed by atoms with Gasteiger partial charge in [-0.25, -0.2) is 4.79 Å². The van der Waals surface area contributed by atoms with E-state index < -0.39 is 5.60 Å². The van der Waals surface area contributed by atoms with Crippen LogP contribution in [0.15, 0.2) is 0 Å². The van der Waals surface area contributed by atoms with Gasteiger partial charge in [0.2, 0.25) is 0 Å². The van der Waals surface area contributed by atoms with Gasteiger partial charge in [-0.3, -0.25) is 0 Å². The Bertz CT molecular complexity index is 351. The largest absolute Gasteiger partial charge is 0.444 e. The van der Waals surface area contributed by atoms with Gasteiger partial charge in [0, 0.05) is 18.4 Å². The molecule has 1 atom stereocenters. The van der Waals surface area contributed by atoms with Crippen molar-refractivity contribution in [2.75, 3.05) is 6.26 Å². The molecule has 1 rings (SSSR count). The van der Waals surface area contributed by atoms with Gasteiger partial charge in [0.25, 0.3) is 0 Å². The van der Waals surface area contributed by atoms with Crippen LogP contribution in [0.5, 0.6) is 0 Å². The van der Waals surface area contributed by atoms with Gasteiger partial charge in [0.05, 0.1) is 0 Å². The van der Waals surface area contributed by atoms with Crippen molar-refractivity contribution >= 4 is 17.3 Å². The second kappa shape index (κ2) is 5.76. The normalized spacial score (nSPS) is 28.5. The molecule has 4 nitrogen and oxygen atoms in total. The Morgan fingerprint density at radius 1 is 1.20 bits per heavy atom. The number of hydrogen-bond acceptors (Lipinski definition) is 3. The molecule has 1 N–H and O–H groups in total. The Hall–Kier alpha value is -0.420. The first-order valence-electron chi connectivity index (χ1n) is 7.15. The number of ether oxygens (including phenoxy) is 1. The molecule has 1 aliphatic carbocycles. The Balaban J connectivity index is 2.37. The molecule has 118 valence electrons. The van der Waals surface area contributed by atoms with Gasteiger partial charge >= 0.3 is 6.09 Å². The highest BCUT2D eigenvalue weighted by Crippen LogP contribution is 2.37. The third-order valence-corrected chi connectivity index (χ3v) is 5.59. The van der Waals surface area contributed by atoms with E-state index in [1.165, 1.54) is 0 Å². The van der Waals surface area contributed by atoms with Crippen molar-refractivity contribution < 1.29 is 13.7 Å². The summed E-state index contributed by atoms with van der Waals surface area (Å²) in [5.74, 6) is 0. The molecule has 1 amide bonds. The molecule has 1 saturated carbocycles. The van der Waals surface area contributed by atoms with E-state index in [2.05, 4.69) is 32.3 Å². The number of nitrogens with one attached hydrogen (secondary N) is 1. The van der Waals surface area contributed by atoms with Crippen LogP contribution < -0.4 is 5.32 Å². The van der Waals surface area contributed by atoms with Crippen molar-refractivity contribution in [3.05, 3.63) is 0 Å². The maximum absolute atomic E-state index is 11.8. The van der Waals surface area contributed by atoms with Gasteiger partial charge in [-0.2, -0.15) is 4.18 Å². The molecule has 0 bridgehead atoms. The van der Waals surface area contributed by atoms with E-state index >= 15 is 0 Å². The molecule has 20 heavy (non-hydrogen) atoms. The molecule has 1 fully saturated rings. The predicted octanol–water partition coefficient (Wildman–Crippen LogP) is 3.41. The first kappa shape index (κ1) is 17.6. The summed E-state index contributed by atoms with van der Waals surface area (Å²) in [4.78, 5) is 11.8.